The topological polar surface area (TPSA) is 63.7 Å². The summed E-state index contributed by atoms with van der Waals surface area (Å²) in [7, 11) is -3.61. The number of hydrogen-bond donors (Lipinski definition) is 0. The first-order valence-electron chi connectivity index (χ1n) is 8.51. The Bertz CT molecular complexity index is 721. The summed E-state index contributed by atoms with van der Waals surface area (Å²) in [4.78, 5) is 12.0. The van der Waals surface area contributed by atoms with Crippen molar-refractivity contribution in [2.75, 3.05) is 11.9 Å². The van der Waals surface area contributed by atoms with Crippen molar-refractivity contribution in [3.63, 3.8) is 0 Å². The molecule has 0 spiro atoms. The molecule has 26 heavy (non-hydrogen) atoms. The molecule has 5 nitrogen and oxygen atoms in total. The first kappa shape index (κ1) is 22.9. The Hall–Kier alpha value is -1.18. The molecule has 0 saturated carbocycles. The lowest BCUT2D eigenvalue weighted by molar-refractivity contribution is -0.148. The fourth-order valence-electron chi connectivity index (χ4n) is 2.22. The largest absolute Gasteiger partial charge is 0.457 e. The van der Waals surface area contributed by atoms with Crippen LogP contribution in [0.1, 0.15) is 39.7 Å². The second-order valence-electron chi connectivity index (χ2n) is 7.16. The van der Waals surface area contributed by atoms with Gasteiger partial charge in [0.25, 0.3) is 0 Å². The lowest BCUT2D eigenvalue weighted by Gasteiger charge is -2.27. The van der Waals surface area contributed by atoms with Crippen molar-refractivity contribution in [3.05, 3.63) is 42.0 Å². The summed E-state index contributed by atoms with van der Waals surface area (Å²) >= 11 is 3.36. The first-order chi connectivity index (χ1) is 12.0. The van der Waals surface area contributed by atoms with E-state index < -0.39 is 21.6 Å². The van der Waals surface area contributed by atoms with Crippen molar-refractivity contribution < 1.29 is 17.9 Å². The van der Waals surface area contributed by atoms with E-state index in [1.165, 1.54) is 10.4 Å². The minimum Gasteiger partial charge on any atom is -0.457 e. The van der Waals surface area contributed by atoms with Gasteiger partial charge in [0.2, 0.25) is 10.0 Å². The molecule has 7 heteroatoms. The van der Waals surface area contributed by atoms with Crippen molar-refractivity contribution in [3.8, 4) is 0 Å². The Morgan fingerprint density at radius 2 is 1.85 bits per heavy atom. The number of alkyl halides is 1. The molecule has 146 valence electrons. The highest BCUT2D eigenvalue weighted by Crippen LogP contribution is 2.20. The summed E-state index contributed by atoms with van der Waals surface area (Å²) in [5.41, 5.74) is 0.455. The zero-order chi connectivity index (χ0) is 20.0. The molecule has 0 amide bonds. The minimum atomic E-state index is -3.61. The van der Waals surface area contributed by atoms with E-state index in [9.17, 15) is 13.2 Å². The molecular formula is C19H28BrNO4S. The molecule has 0 unspecified atom stereocenters. The van der Waals surface area contributed by atoms with E-state index >= 15 is 0 Å². The summed E-state index contributed by atoms with van der Waals surface area (Å²) < 4.78 is 32.5. The molecule has 1 aromatic carbocycles. The molecule has 0 bridgehead atoms. The third-order valence-corrected chi connectivity index (χ3v) is 6.48. The Kier molecular flexibility index (Phi) is 8.50. The van der Waals surface area contributed by atoms with Crippen LogP contribution < -0.4 is 0 Å². The molecule has 0 saturated heterocycles. The number of hydrogen-bond acceptors (Lipinski definition) is 4. The molecule has 1 atom stereocenters. The number of sulfonamides is 1. The number of esters is 1. The zero-order valence-electron chi connectivity index (χ0n) is 16.0. The molecule has 0 aliphatic heterocycles. The van der Waals surface area contributed by atoms with Crippen molar-refractivity contribution in [2.45, 2.75) is 57.6 Å². The summed E-state index contributed by atoms with van der Waals surface area (Å²) in [6.07, 6.45) is 3.41. The monoisotopic (exact) mass is 445 g/mol. The summed E-state index contributed by atoms with van der Waals surface area (Å²) in [5, 5.41) is 0.522. The molecule has 0 aliphatic carbocycles. The molecular weight excluding hydrogens is 418 g/mol. The van der Waals surface area contributed by atoms with Crippen molar-refractivity contribution >= 4 is 31.9 Å². The number of aryl methyl sites for hydroxylation is 1. The van der Waals surface area contributed by atoms with Gasteiger partial charge in [-0.3, -0.25) is 0 Å². The average molecular weight is 446 g/mol. The van der Waals surface area contributed by atoms with Gasteiger partial charge >= 0.3 is 5.97 Å². The van der Waals surface area contributed by atoms with Gasteiger partial charge in [0, 0.05) is 24.0 Å². The molecule has 0 radical (unpaired) electrons. The van der Waals surface area contributed by atoms with Crippen LogP contribution in [-0.4, -0.2) is 42.2 Å². The zero-order valence-corrected chi connectivity index (χ0v) is 18.4. The van der Waals surface area contributed by atoms with E-state index in [-0.39, 0.29) is 17.5 Å². The van der Waals surface area contributed by atoms with E-state index in [1.807, 2.05) is 13.8 Å². The third-order valence-electron chi connectivity index (χ3n) is 3.52. The maximum absolute atomic E-state index is 12.9. The van der Waals surface area contributed by atoms with E-state index in [0.717, 1.165) is 5.56 Å². The number of nitrogens with zero attached hydrogens (tertiary/aromatic N) is 1. The van der Waals surface area contributed by atoms with Crippen LogP contribution >= 0.6 is 15.9 Å². The van der Waals surface area contributed by atoms with Crippen molar-refractivity contribution in [1.82, 2.24) is 4.31 Å². The Balaban J connectivity index is 2.85. The van der Waals surface area contributed by atoms with Gasteiger partial charge in [-0.05, 0) is 53.2 Å². The Labute approximate surface area is 165 Å². The van der Waals surface area contributed by atoms with Gasteiger partial charge in [-0.1, -0.05) is 39.7 Å². The normalized spacial score (nSPS) is 14.0. The predicted octanol–water partition coefficient (Wildman–Crippen LogP) is 4.06. The van der Waals surface area contributed by atoms with E-state index in [4.69, 9.17) is 4.74 Å². The molecule has 1 aromatic rings. The van der Waals surface area contributed by atoms with Crippen LogP contribution in [0.15, 0.2) is 41.3 Å². The molecule has 0 N–H and O–H groups in total. The number of benzene rings is 1. The fourth-order valence-corrected chi connectivity index (χ4v) is 4.40. The molecule has 0 heterocycles. The van der Waals surface area contributed by atoms with Crippen LogP contribution in [0.2, 0.25) is 0 Å². The van der Waals surface area contributed by atoms with Gasteiger partial charge < -0.3 is 4.74 Å². The van der Waals surface area contributed by atoms with Gasteiger partial charge in [-0.25, -0.2) is 13.2 Å². The van der Waals surface area contributed by atoms with Gasteiger partial charge in [-0.15, -0.1) is 0 Å². The van der Waals surface area contributed by atoms with Crippen LogP contribution in [-0.2, 0) is 19.6 Å². The van der Waals surface area contributed by atoms with Crippen molar-refractivity contribution in [2.24, 2.45) is 0 Å². The first-order valence-corrected chi connectivity index (χ1v) is 11.1. The summed E-state index contributed by atoms with van der Waals surface area (Å²) in [5.74, 6) is -0.431. The predicted molar refractivity (Wildman–Crippen MR) is 108 cm³/mol. The summed E-state index contributed by atoms with van der Waals surface area (Å²) in [6, 6.07) is 6.60. The van der Waals surface area contributed by atoms with Crippen LogP contribution in [0.4, 0.5) is 0 Å². The Morgan fingerprint density at radius 1 is 1.27 bits per heavy atom. The molecule has 0 fully saturated rings. The van der Waals surface area contributed by atoms with Crippen LogP contribution in [0.25, 0.3) is 0 Å². The highest BCUT2D eigenvalue weighted by Gasteiger charge is 2.27. The van der Waals surface area contributed by atoms with Gasteiger partial charge in [0.05, 0.1) is 4.90 Å². The maximum atomic E-state index is 12.9. The summed E-state index contributed by atoms with van der Waals surface area (Å²) in [6.45, 7) is 9.43. The number of carbonyl (C=O) groups excluding carboxylic acids is 1. The van der Waals surface area contributed by atoms with Crippen LogP contribution in [0, 0.1) is 6.92 Å². The molecule has 0 aliphatic rings. The number of rotatable bonds is 8. The smallest absolute Gasteiger partial charge is 0.330 e. The highest BCUT2D eigenvalue weighted by molar-refractivity contribution is 9.09. The van der Waals surface area contributed by atoms with E-state index in [1.54, 1.807) is 51.1 Å². The quantitative estimate of drug-likeness (QED) is 0.343. The van der Waals surface area contributed by atoms with Crippen LogP contribution in [0.3, 0.4) is 0 Å². The second-order valence-corrected chi connectivity index (χ2v) is 9.69. The fraction of sp³-hybridized carbons (Fsp3) is 0.526. The number of carbonyl (C=O) groups is 1. The van der Waals surface area contributed by atoms with Gasteiger partial charge in [-0.2, -0.15) is 4.31 Å². The van der Waals surface area contributed by atoms with Gasteiger partial charge in [0.15, 0.2) is 0 Å². The average Bonchev–Trinajstić information content (AvgIpc) is 2.52. The lowest BCUT2D eigenvalue weighted by atomic mass is 10.2. The number of halogens is 1. The van der Waals surface area contributed by atoms with Crippen LogP contribution in [0.5, 0.6) is 0 Å². The SMILES string of the molecule is Cc1ccc(S(=O)(=O)N(CC/C=C/C(=O)OC(C)(C)C)[C@@H](C)CBr)cc1. The highest BCUT2D eigenvalue weighted by atomic mass is 79.9. The lowest BCUT2D eigenvalue weighted by Crippen LogP contribution is -2.40. The Morgan fingerprint density at radius 3 is 2.35 bits per heavy atom. The van der Waals surface area contributed by atoms with E-state index in [2.05, 4.69) is 15.9 Å². The van der Waals surface area contributed by atoms with E-state index in [0.29, 0.717) is 11.8 Å². The molecule has 1 rings (SSSR count). The standard InChI is InChI=1S/C19H28BrNO4S/c1-15-9-11-17(12-10-15)26(23,24)21(16(2)14-20)13-7-6-8-18(22)25-19(3,4)5/h6,8-12,16H,7,13-14H2,1-5H3/b8-6+/t16-/m0/s1. The maximum Gasteiger partial charge on any atom is 0.330 e. The minimum absolute atomic E-state index is 0.212. The molecule has 0 aromatic heterocycles. The van der Waals surface area contributed by atoms with Crippen molar-refractivity contribution in [1.29, 1.82) is 0 Å². The third kappa shape index (κ3) is 7.21. The second kappa shape index (κ2) is 9.67. The van der Waals surface area contributed by atoms with Gasteiger partial charge in [0.1, 0.15) is 5.60 Å². The number of ether oxygens (including phenoxy) is 1.